The summed E-state index contributed by atoms with van der Waals surface area (Å²) >= 11 is 0. The summed E-state index contributed by atoms with van der Waals surface area (Å²) in [5, 5.41) is 0. The number of nitrogens with zero attached hydrogens (tertiary/aromatic N) is 1. The van der Waals surface area contributed by atoms with Gasteiger partial charge < -0.3 is 14.4 Å². The van der Waals surface area contributed by atoms with Crippen molar-refractivity contribution in [1.82, 2.24) is 4.90 Å². The van der Waals surface area contributed by atoms with Crippen molar-refractivity contribution in [2.45, 2.75) is 249 Å². The molecule has 0 amide bonds. The highest BCUT2D eigenvalue weighted by Gasteiger charge is 2.23. The summed E-state index contributed by atoms with van der Waals surface area (Å²) in [6.45, 7) is 25.9. The fourth-order valence-corrected chi connectivity index (χ4v) is 8.89. The Hall–Kier alpha value is -1.10. The van der Waals surface area contributed by atoms with Crippen molar-refractivity contribution in [3.8, 4) is 0 Å². The van der Waals surface area contributed by atoms with Crippen LogP contribution in [0.25, 0.3) is 0 Å². The van der Waals surface area contributed by atoms with E-state index in [2.05, 4.69) is 67.2 Å². The molecule has 0 aromatic heterocycles. The van der Waals surface area contributed by atoms with Gasteiger partial charge in [0.05, 0.1) is 13.2 Å². The number of carbonyl (C=O) groups excluding carboxylic acids is 2. The molecule has 5 nitrogen and oxygen atoms in total. The molecular formula is C52H101NO4. The SMILES string of the molecule is CC(C)CCC(COC(=O)CCCCCCCCCC(C)(CCCCCCCCCC(=O)OCC(CCC(C)C)C(C)C)CCCCCN1CCCCC1)C(C)C. The smallest absolute Gasteiger partial charge is 0.305 e. The zero-order valence-corrected chi connectivity index (χ0v) is 40.1. The van der Waals surface area contributed by atoms with Gasteiger partial charge in [0.2, 0.25) is 0 Å². The number of unbranched alkanes of at least 4 members (excludes halogenated alkanes) is 14. The van der Waals surface area contributed by atoms with Gasteiger partial charge in [-0.05, 0) is 125 Å². The van der Waals surface area contributed by atoms with Gasteiger partial charge in [-0.1, -0.05) is 171 Å². The molecule has 0 bridgehead atoms. The molecule has 2 unspecified atom stereocenters. The molecule has 0 aromatic rings. The Morgan fingerprint density at radius 3 is 1.19 bits per heavy atom. The van der Waals surface area contributed by atoms with E-state index in [0.29, 0.717) is 67.0 Å². The van der Waals surface area contributed by atoms with Crippen LogP contribution < -0.4 is 0 Å². The van der Waals surface area contributed by atoms with Crippen molar-refractivity contribution in [3.63, 3.8) is 0 Å². The van der Waals surface area contributed by atoms with Crippen molar-refractivity contribution in [2.24, 2.45) is 40.9 Å². The van der Waals surface area contributed by atoms with Crippen LogP contribution in [0.1, 0.15) is 249 Å². The van der Waals surface area contributed by atoms with Crippen LogP contribution in [0.3, 0.4) is 0 Å². The van der Waals surface area contributed by atoms with Gasteiger partial charge >= 0.3 is 11.9 Å². The predicted molar refractivity (Wildman–Crippen MR) is 247 cm³/mol. The second-order valence-corrected chi connectivity index (χ2v) is 20.8. The molecule has 338 valence electrons. The Balaban J connectivity index is 2.28. The third-order valence-electron chi connectivity index (χ3n) is 13.6. The summed E-state index contributed by atoms with van der Waals surface area (Å²) in [5.41, 5.74) is 0.485. The Bertz CT molecular complexity index is 880. The number of carbonyl (C=O) groups is 2. The lowest BCUT2D eigenvalue weighted by molar-refractivity contribution is -0.146. The first kappa shape index (κ1) is 53.9. The Morgan fingerprint density at radius 2 is 0.825 bits per heavy atom. The number of piperidine rings is 1. The van der Waals surface area contributed by atoms with E-state index >= 15 is 0 Å². The minimum absolute atomic E-state index is 0.00732. The molecule has 1 saturated heterocycles. The molecular weight excluding hydrogens is 703 g/mol. The van der Waals surface area contributed by atoms with E-state index in [1.165, 1.54) is 154 Å². The van der Waals surface area contributed by atoms with Crippen LogP contribution in [0.15, 0.2) is 0 Å². The molecule has 0 N–H and O–H groups in total. The summed E-state index contributed by atoms with van der Waals surface area (Å²) in [4.78, 5) is 27.5. The molecule has 0 aliphatic carbocycles. The van der Waals surface area contributed by atoms with Crippen LogP contribution in [0.2, 0.25) is 0 Å². The lowest BCUT2D eigenvalue weighted by Gasteiger charge is -2.31. The minimum atomic E-state index is 0.00732. The third-order valence-corrected chi connectivity index (χ3v) is 13.6. The van der Waals surface area contributed by atoms with Gasteiger partial charge in [0.15, 0.2) is 0 Å². The number of hydrogen-bond donors (Lipinski definition) is 0. The molecule has 1 aliphatic rings. The van der Waals surface area contributed by atoms with E-state index in [1.807, 2.05) is 0 Å². The molecule has 2 atom stereocenters. The van der Waals surface area contributed by atoms with Gasteiger partial charge in [-0.15, -0.1) is 0 Å². The van der Waals surface area contributed by atoms with E-state index in [4.69, 9.17) is 9.47 Å². The molecule has 0 aromatic carbocycles. The van der Waals surface area contributed by atoms with Crippen molar-refractivity contribution >= 4 is 11.9 Å². The van der Waals surface area contributed by atoms with Crippen LogP contribution in [-0.4, -0.2) is 49.7 Å². The summed E-state index contributed by atoms with van der Waals surface area (Å²) in [7, 11) is 0. The quantitative estimate of drug-likeness (QED) is 0.0460. The molecule has 5 heteroatoms. The highest BCUT2D eigenvalue weighted by molar-refractivity contribution is 5.69. The molecule has 0 saturated carbocycles. The Morgan fingerprint density at radius 1 is 0.474 bits per heavy atom. The van der Waals surface area contributed by atoms with Gasteiger partial charge in [0.25, 0.3) is 0 Å². The monoisotopic (exact) mass is 804 g/mol. The minimum Gasteiger partial charge on any atom is -0.465 e. The topological polar surface area (TPSA) is 55.8 Å². The van der Waals surface area contributed by atoms with Crippen molar-refractivity contribution in [3.05, 3.63) is 0 Å². The zero-order valence-electron chi connectivity index (χ0n) is 40.1. The van der Waals surface area contributed by atoms with Gasteiger partial charge in [-0.2, -0.15) is 0 Å². The number of hydrogen-bond acceptors (Lipinski definition) is 5. The lowest BCUT2D eigenvalue weighted by atomic mass is 9.75. The van der Waals surface area contributed by atoms with Gasteiger partial charge in [-0.3, -0.25) is 9.59 Å². The Kier molecular flexibility index (Phi) is 32.7. The van der Waals surface area contributed by atoms with Crippen LogP contribution in [0, 0.1) is 40.9 Å². The average Bonchev–Trinajstić information content (AvgIpc) is 3.16. The first-order valence-corrected chi connectivity index (χ1v) is 25.3. The third kappa shape index (κ3) is 31.4. The molecule has 1 rings (SSSR count). The highest BCUT2D eigenvalue weighted by Crippen LogP contribution is 2.37. The van der Waals surface area contributed by atoms with Crippen molar-refractivity contribution in [2.75, 3.05) is 32.8 Å². The van der Waals surface area contributed by atoms with E-state index < -0.39 is 0 Å². The number of likely N-dealkylation sites (tertiary alicyclic amines) is 1. The summed E-state index contributed by atoms with van der Waals surface area (Å²) in [6.07, 6.45) is 35.8. The molecule has 0 radical (unpaired) electrons. The average molecular weight is 804 g/mol. The standard InChI is InChI=1S/C52H101NO4/c1-44(2)32-34-48(46(5)6)42-56-50(54)30-22-16-12-10-14-18-24-36-52(9,38-26-20-27-39-53-40-28-21-29-41-53)37-25-19-15-11-13-17-23-31-51(55)57-43-49(47(7)8)35-33-45(3)4/h44-49H,10-43H2,1-9H3. The maximum Gasteiger partial charge on any atom is 0.305 e. The maximum absolute atomic E-state index is 12.4. The second-order valence-electron chi connectivity index (χ2n) is 20.8. The van der Waals surface area contributed by atoms with E-state index in [-0.39, 0.29) is 11.9 Å². The number of ether oxygens (including phenoxy) is 2. The van der Waals surface area contributed by atoms with E-state index in [9.17, 15) is 9.59 Å². The number of esters is 2. The fourth-order valence-electron chi connectivity index (χ4n) is 8.89. The predicted octanol–water partition coefficient (Wildman–Crippen LogP) is 15.6. The molecule has 1 fully saturated rings. The number of rotatable bonds is 38. The van der Waals surface area contributed by atoms with Crippen molar-refractivity contribution in [1.29, 1.82) is 0 Å². The molecule has 1 heterocycles. The highest BCUT2D eigenvalue weighted by atomic mass is 16.5. The Labute approximate surface area is 357 Å². The van der Waals surface area contributed by atoms with Crippen LogP contribution in [-0.2, 0) is 19.1 Å². The second kappa shape index (κ2) is 34.6. The summed E-state index contributed by atoms with van der Waals surface area (Å²) in [6, 6.07) is 0. The zero-order chi connectivity index (χ0) is 42.2. The van der Waals surface area contributed by atoms with Crippen LogP contribution >= 0.6 is 0 Å². The van der Waals surface area contributed by atoms with Gasteiger partial charge in [0, 0.05) is 12.8 Å². The van der Waals surface area contributed by atoms with E-state index in [1.54, 1.807) is 0 Å². The molecule has 0 spiro atoms. The molecule has 57 heavy (non-hydrogen) atoms. The van der Waals surface area contributed by atoms with Crippen LogP contribution in [0.4, 0.5) is 0 Å². The van der Waals surface area contributed by atoms with Gasteiger partial charge in [0.1, 0.15) is 0 Å². The first-order valence-electron chi connectivity index (χ1n) is 25.3. The first-order chi connectivity index (χ1) is 27.3. The summed E-state index contributed by atoms with van der Waals surface area (Å²) in [5.74, 6) is 3.53. The largest absolute Gasteiger partial charge is 0.465 e. The fraction of sp³-hybridized carbons (Fsp3) is 0.962. The lowest BCUT2D eigenvalue weighted by Crippen LogP contribution is -2.30. The van der Waals surface area contributed by atoms with E-state index in [0.717, 1.165) is 38.5 Å². The summed E-state index contributed by atoms with van der Waals surface area (Å²) < 4.78 is 11.4. The maximum atomic E-state index is 12.4. The van der Waals surface area contributed by atoms with Gasteiger partial charge in [-0.25, -0.2) is 0 Å². The van der Waals surface area contributed by atoms with Crippen molar-refractivity contribution < 1.29 is 19.1 Å². The molecule has 1 aliphatic heterocycles. The van der Waals surface area contributed by atoms with Crippen LogP contribution in [0.5, 0.6) is 0 Å². The normalized spacial score (nSPS) is 16.1.